The van der Waals surface area contributed by atoms with E-state index in [1.165, 1.54) is 6.07 Å². The second-order valence-electron chi connectivity index (χ2n) is 6.50. The summed E-state index contributed by atoms with van der Waals surface area (Å²) in [4.78, 5) is 4.49. The van der Waals surface area contributed by atoms with Gasteiger partial charge in [-0.05, 0) is 51.5 Å². The highest BCUT2D eigenvalue weighted by molar-refractivity contribution is 14.0. The van der Waals surface area contributed by atoms with Crippen molar-refractivity contribution in [2.45, 2.75) is 39.9 Å². The van der Waals surface area contributed by atoms with Crippen LogP contribution in [0, 0.1) is 25.7 Å². The summed E-state index contributed by atoms with van der Waals surface area (Å²) in [6.45, 7) is 8.34. The van der Waals surface area contributed by atoms with Crippen LogP contribution in [0.25, 0.3) is 0 Å². The van der Waals surface area contributed by atoms with Gasteiger partial charge in [-0.3, -0.25) is 9.67 Å². The number of hydrogen-bond donors (Lipinski definition) is 2. The van der Waals surface area contributed by atoms with E-state index in [9.17, 15) is 13.2 Å². The van der Waals surface area contributed by atoms with E-state index in [0.29, 0.717) is 24.6 Å². The van der Waals surface area contributed by atoms with Crippen LogP contribution in [0.3, 0.4) is 0 Å². The van der Waals surface area contributed by atoms with Gasteiger partial charge < -0.3 is 10.6 Å². The molecule has 1 aromatic heterocycles. The fraction of sp³-hybridized carbons (Fsp3) is 0.429. The number of rotatable bonds is 6. The van der Waals surface area contributed by atoms with E-state index >= 15 is 0 Å². The van der Waals surface area contributed by atoms with E-state index in [4.69, 9.17) is 0 Å². The average Bonchev–Trinajstić information content (AvgIpc) is 2.99. The van der Waals surface area contributed by atoms with Gasteiger partial charge in [0.25, 0.3) is 0 Å². The minimum Gasteiger partial charge on any atom is -0.357 e. The molecule has 0 aliphatic carbocycles. The summed E-state index contributed by atoms with van der Waals surface area (Å²) in [6.07, 6.45) is -3.53. The minimum absolute atomic E-state index is 0. The van der Waals surface area contributed by atoms with Gasteiger partial charge in [-0.15, -0.1) is 24.0 Å². The maximum Gasteiger partial charge on any atom is 0.416 e. The lowest BCUT2D eigenvalue weighted by Crippen LogP contribution is -2.37. The topological polar surface area (TPSA) is 54.2 Å². The Kier molecular flexibility index (Phi) is 10.7. The summed E-state index contributed by atoms with van der Waals surface area (Å²) >= 11 is 0. The van der Waals surface area contributed by atoms with Gasteiger partial charge in [-0.25, -0.2) is 0 Å². The quantitative estimate of drug-likeness (QED) is 0.193. The molecule has 1 heterocycles. The molecule has 5 nitrogen and oxygen atoms in total. The molecule has 164 valence electrons. The molecule has 0 radical (unpaired) electrons. The number of guanidine groups is 1. The molecule has 0 saturated carbocycles. The Bertz CT molecular complexity index is 894. The van der Waals surface area contributed by atoms with Crippen LogP contribution >= 0.6 is 24.0 Å². The smallest absolute Gasteiger partial charge is 0.357 e. The van der Waals surface area contributed by atoms with Crippen LogP contribution < -0.4 is 10.6 Å². The fourth-order valence-corrected chi connectivity index (χ4v) is 2.70. The summed E-state index contributed by atoms with van der Waals surface area (Å²) in [5, 5.41) is 10.6. The van der Waals surface area contributed by atoms with E-state index < -0.39 is 11.7 Å². The van der Waals surface area contributed by atoms with Crippen molar-refractivity contribution in [3.8, 4) is 11.8 Å². The van der Waals surface area contributed by atoms with E-state index in [2.05, 4.69) is 32.6 Å². The van der Waals surface area contributed by atoms with E-state index in [1.807, 2.05) is 31.5 Å². The number of aryl methyl sites for hydroxylation is 3. The van der Waals surface area contributed by atoms with Crippen molar-refractivity contribution in [1.82, 2.24) is 20.4 Å². The molecule has 0 atom stereocenters. The van der Waals surface area contributed by atoms with Gasteiger partial charge in [0.05, 0.1) is 17.8 Å². The van der Waals surface area contributed by atoms with Crippen molar-refractivity contribution < 1.29 is 13.2 Å². The molecule has 2 N–H and O–H groups in total. The molecule has 0 spiro atoms. The molecule has 0 aliphatic rings. The molecule has 0 fully saturated rings. The van der Waals surface area contributed by atoms with Crippen LogP contribution in [-0.4, -0.2) is 35.4 Å². The van der Waals surface area contributed by atoms with Crippen molar-refractivity contribution in [1.29, 1.82) is 0 Å². The third-order valence-electron chi connectivity index (χ3n) is 4.01. The number of nitrogens with zero attached hydrogens (tertiary/aromatic N) is 3. The van der Waals surface area contributed by atoms with Crippen LogP contribution in [0.1, 0.15) is 35.9 Å². The predicted molar refractivity (Wildman–Crippen MR) is 124 cm³/mol. The SMILES string of the molecule is CCNC(=NCCCn1nc(C)cc1C)NCC#Cc1cccc(C(F)(F)F)c1.I. The summed E-state index contributed by atoms with van der Waals surface area (Å²) in [7, 11) is 0. The van der Waals surface area contributed by atoms with Crippen LogP contribution in [0.2, 0.25) is 0 Å². The zero-order valence-corrected chi connectivity index (χ0v) is 19.6. The Hall–Kier alpha value is -2.22. The summed E-state index contributed by atoms with van der Waals surface area (Å²) < 4.78 is 40.2. The first-order valence-corrected chi connectivity index (χ1v) is 9.49. The van der Waals surface area contributed by atoms with Crippen molar-refractivity contribution >= 4 is 29.9 Å². The molecular formula is C21H27F3IN5. The monoisotopic (exact) mass is 533 g/mol. The van der Waals surface area contributed by atoms with E-state index in [-0.39, 0.29) is 30.5 Å². The van der Waals surface area contributed by atoms with Gasteiger partial charge in [0, 0.05) is 30.9 Å². The second kappa shape index (κ2) is 12.5. The Balaban J connectivity index is 0.00000450. The summed E-state index contributed by atoms with van der Waals surface area (Å²) in [5.74, 6) is 6.20. The Morgan fingerprint density at radius 2 is 1.97 bits per heavy atom. The van der Waals surface area contributed by atoms with Gasteiger partial charge in [-0.1, -0.05) is 17.9 Å². The van der Waals surface area contributed by atoms with Gasteiger partial charge in [0.2, 0.25) is 0 Å². The van der Waals surface area contributed by atoms with Crippen molar-refractivity contribution in [2.24, 2.45) is 4.99 Å². The molecule has 0 amide bonds. The Morgan fingerprint density at radius 3 is 2.60 bits per heavy atom. The Labute approximate surface area is 192 Å². The van der Waals surface area contributed by atoms with Crippen LogP contribution in [0.15, 0.2) is 35.3 Å². The van der Waals surface area contributed by atoms with Crippen LogP contribution in [0.4, 0.5) is 13.2 Å². The second-order valence-corrected chi connectivity index (χ2v) is 6.50. The maximum atomic E-state index is 12.7. The number of benzene rings is 1. The molecule has 1 aromatic carbocycles. The molecule has 2 rings (SSSR count). The third kappa shape index (κ3) is 8.65. The average molecular weight is 533 g/mol. The predicted octanol–water partition coefficient (Wildman–Crippen LogP) is 4.13. The van der Waals surface area contributed by atoms with Crippen molar-refractivity contribution in [3.05, 3.63) is 52.8 Å². The lowest BCUT2D eigenvalue weighted by Gasteiger charge is -2.09. The van der Waals surface area contributed by atoms with Crippen LogP contribution in [-0.2, 0) is 12.7 Å². The van der Waals surface area contributed by atoms with Crippen molar-refractivity contribution in [2.75, 3.05) is 19.6 Å². The zero-order valence-electron chi connectivity index (χ0n) is 17.3. The lowest BCUT2D eigenvalue weighted by atomic mass is 10.1. The molecule has 2 aromatic rings. The van der Waals surface area contributed by atoms with Gasteiger partial charge >= 0.3 is 6.18 Å². The maximum absolute atomic E-state index is 12.7. The molecule has 30 heavy (non-hydrogen) atoms. The third-order valence-corrected chi connectivity index (χ3v) is 4.01. The molecule has 0 saturated heterocycles. The van der Waals surface area contributed by atoms with E-state index in [1.54, 1.807) is 6.07 Å². The number of hydrogen-bond acceptors (Lipinski definition) is 2. The highest BCUT2D eigenvalue weighted by Gasteiger charge is 2.30. The number of aliphatic imine (C=N–C) groups is 1. The number of aromatic nitrogens is 2. The molecule has 0 unspecified atom stereocenters. The van der Waals surface area contributed by atoms with E-state index in [0.717, 1.165) is 36.5 Å². The molecule has 9 heteroatoms. The largest absolute Gasteiger partial charge is 0.416 e. The standard InChI is InChI=1S/C21H26F3N5.HI/c1-4-25-20(27-12-7-13-29-17(3)14-16(2)28-29)26-11-6-9-18-8-5-10-19(15-18)21(22,23)24;/h5,8,10,14-15H,4,7,11-13H2,1-3H3,(H2,25,26,27);1H. The fourth-order valence-electron chi connectivity index (χ4n) is 2.70. The number of alkyl halides is 3. The Morgan fingerprint density at radius 1 is 1.20 bits per heavy atom. The number of nitrogens with one attached hydrogen (secondary N) is 2. The van der Waals surface area contributed by atoms with Gasteiger partial charge in [0.1, 0.15) is 0 Å². The van der Waals surface area contributed by atoms with Gasteiger partial charge in [-0.2, -0.15) is 18.3 Å². The number of halogens is 4. The van der Waals surface area contributed by atoms with Gasteiger partial charge in [0.15, 0.2) is 5.96 Å². The molecule has 0 bridgehead atoms. The lowest BCUT2D eigenvalue weighted by molar-refractivity contribution is -0.137. The summed E-state index contributed by atoms with van der Waals surface area (Å²) in [6, 6.07) is 7.03. The first-order chi connectivity index (χ1) is 13.8. The minimum atomic E-state index is -4.37. The highest BCUT2D eigenvalue weighted by Crippen LogP contribution is 2.29. The first kappa shape index (κ1) is 25.8. The van der Waals surface area contributed by atoms with Crippen LogP contribution in [0.5, 0.6) is 0 Å². The normalized spacial score (nSPS) is 11.3. The highest BCUT2D eigenvalue weighted by atomic mass is 127. The summed E-state index contributed by atoms with van der Waals surface area (Å²) in [5.41, 5.74) is 1.75. The first-order valence-electron chi connectivity index (χ1n) is 9.49. The zero-order chi connectivity index (χ0) is 21.3. The molecule has 0 aliphatic heterocycles. The molecular weight excluding hydrogens is 506 g/mol. The van der Waals surface area contributed by atoms with Crippen molar-refractivity contribution in [3.63, 3.8) is 0 Å².